The summed E-state index contributed by atoms with van der Waals surface area (Å²) in [6, 6.07) is 16.5. The summed E-state index contributed by atoms with van der Waals surface area (Å²) in [7, 11) is 0. The van der Waals surface area contributed by atoms with Crippen LogP contribution in [0, 0.1) is 0 Å². The monoisotopic (exact) mass is 664 g/mol. The molecule has 15 heteroatoms. The van der Waals surface area contributed by atoms with Crippen LogP contribution in [-0.4, -0.2) is 130 Å². The van der Waals surface area contributed by atoms with Gasteiger partial charge in [-0.05, 0) is 17.5 Å². The highest BCUT2D eigenvalue weighted by Crippen LogP contribution is 2.32. The van der Waals surface area contributed by atoms with Crippen LogP contribution in [0.5, 0.6) is 0 Å². The van der Waals surface area contributed by atoms with Crippen LogP contribution >= 0.6 is 0 Å². The molecular formula is C32H48N4O11. The first kappa shape index (κ1) is 36.1. The van der Waals surface area contributed by atoms with Gasteiger partial charge in [-0.2, -0.15) is 0 Å². The molecule has 15 nitrogen and oxygen atoms in total. The molecule has 47 heavy (non-hydrogen) atoms. The molecule has 1 saturated carbocycles. The van der Waals surface area contributed by atoms with Crippen molar-refractivity contribution >= 4 is 0 Å². The lowest BCUT2D eigenvalue weighted by Crippen LogP contribution is -2.68. The third-order valence-corrected chi connectivity index (χ3v) is 8.95. The Labute approximate surface area is 273 Å². The van der Waals surface area contributed by atoms with Crippen molar-refractivity contribution < 1.29 is 54.0 Å². The van der Waals surface area contributed by atoms with Crippen molar-refractivity contribution in [1.82, 2.24) is 0 Å². The predicted octanol–water partition coefficient (Wildman–Crippen LogP) is -2.84. The minimum Gasteiger partial charge on any atom is -0.388 e. The maximum atomic E-state index is 11.4. The summed E-state index contributed by atoms with van der Waals surface area (Å²) in [5, 5.41) is 53.6. The largest absolute Gasteiger partial charge is 0.388 e. The van der Waals surface area contributed by atoms with Crippen LogP contribution in [0.4, 0.5) is 0 Å². The van der Waals surface area contributed by atoms with Crippen molar-refractivity contribution in [3.05, 3.63) is 71.8 Å². The Balaban J connectivity index is 1.28. The first-order valence-corrected chi connectivity index (χ1v) is 15.8. The fraction of sp³-hybridized carbons (Fsp3) is 0.625. The van der Waals surface area contributed by atoms with Crippen LogP contribution < -0.4 is 22.9 Å². The van der Waals surface area contributed by atoms with Crippen molar-refractivity contribution in [2.75, 3.05) is 13.2 Å². The van der Waals surface area contributed by atoms with Crippen molar-refractivity contribution in [2.45, 2.75) is 111 Å². The van der Waals surface area contributed by atoms with Crippen molar-refractivity contribution in [3.8, 4) is 0 Å². The minimum atomic E-state index is -1.66. The average molecular weight is 665 g/mol. The first-order valence-electron chi connectivity index (χ1n) is 15.8. The van der Waals surface area contributed by atoms with E-state index in [9.17, 15) is 25.5 Å². The number of aliphatic hydroxyl groups is 5. The van der Waals surface area contributed by atoms with Crippen LogP contribution in [0.3, 0.4) is 0 Å². The van der Waals surface area contributed by atoms with E-state index in [2.05, 4.69) is 0 Å². The quantitative estimate of drug-likeness (QED) is 0.111. The fourth-order valence-corrected chi connectivity index (χ4v) is 6.23. The highest BCUT2D eigenvalue weighted by Gasteiger charge is 2.52. The molecule has 3 fully saturated rings. The number of aliphatic hydroxyl groups excluding tert-OH is 5. The third-order valence-electron chi connectivity index (χ3n) is 8.95. The van der Waals surface area contributed by atoms with Crippen LogP contribution in [0.1, 0.15) is 17.5 Å². The second-order valence-corrected chi connectivity index (χ2v) is 12.4. The molecule has 0 radical (unpaired) electrons. The van der Waals surface area contributed by atoms with Gasteiger partial charge in [-0.3, -0.25) is 0 Å². The van der Waals surface area contributed by atoms with Gasteiger partial charge in [0.1, 0.15) is 61.0 Å². The maximum absolute atomic E-state index is 11.4. The molecule has 2 aliphatic heterocycles. The Morgan fingerprint density at radius 2 is 1.15 bits per heavy atom. The van der Waals surface area contributed by atoms with Crippen LogP contribution in [0.2, 0.25) is 0 Å². The van der Waals surface area contributed by atoms with Gasteiger partial charge in [-0.15, -0.1) is 0 Å². The Kier molecular flexibility index (Phi) is 12.7. The van der Waals surface area contributed by atoms with E-state index in [-0.39, 0.29) is 26.2 Å². The lowest BCUT2D eigenvalue weighted by atomic mass is 9.84. The standard InChI is InChI=1S/C32H48N4O11/c33-12-20-23(37)25(39)26(40)32(44-20)47-29-19(35)11-18(34)28(27(29)41)46-31-24(38)22(36)30(43-14-17-9-5-2-6-10-17)21(45-31)15-42-13-16-7-3-1-4-8-16/h1-10,18-32,37-41H,11-15,33-36H2/t18-,19+,20-,21-,22-,23-,24-,25+,26-,27-,28+,29-,30-,31+,32-/m1/s1. The van der Waals surface area contributed by atoms with Crippen LogP contribution in [0.15, 0.2) is 60.7 Å². The third kappa shape index (κ3) is 8.53. The molecule has 262 valence electrons. The maximum Gasteiger partial charge on any atom is 0.187 e. The Bertz CT molecular complexity index is 1220. The Hall–Kier alpha value is -2.16. The smallest absolute Gasteiger partial charge is 0.187 e. The molecule has 2 aromatic carbocycles. The second kappa shape index (κ2) is 16.5. The summed E-state index contributed by atoms with van der Waals surface area (Å²) in [4.78, 5) is 0. The van der Waals surface area contributed by atoms with E-state index in [1.165, 1.54) is 0 Å². The van der Waals surface area contributed by atoms with Gasteiger partial charge in [0.15, 0.2) is 12.6 Å². The fourth-order valence-electron chi connectivity index (χ4n) is 6.23. The zero-order valence-corrected chi connectivity index (χ0v) is 26.0. The van der Waals surface area contributed by atoms with Gasteiger partial charge in [-0.25, -0.2) is 0 Å². The Morgan fingerprint density at radius 3 is 1.72 bits per heavy atom. The van der Waals surface area contributed by atoms with Gasteiger partial charge >= 0.3 is 0 Å². The predicted molar refractivity (Wildman–Crippen MR) is 166 cm³/mol. The number of rotatable bonds is 12. The number of benzene rings is 2. The lowest BCUT2D eigenvalue weighted by Gasteiger charge is -2.48. The number of nitrogens with two attached hydrogens (primary N) is 4. The van der Waals surface area contributed by atoms with E-state index in [1.54, 1.807) is 0 Å². The molecular weight excluding hydrogens is 616 g/mol. The summed E-state index contributed by atoms with van der Waals surface area (Å²) in [5.74, 6) is 0. The highest BCUT2D eigenvalue weighted by molar-refractivity contribution is 5.14. The molecule has 15 atom stereocenters. The SMILES string of the molecule is NC[C@H]1O[C@H](O[C@H]2[C@H](O)[C@@H](O[C@@H]3O[C@H](COCc4ccccc4)[C@@H](OCc4ccccc4)[C@H](N)[C@H]3O)[C@H](N)C[C@@H]2N)[C@H](O)[C@@H](O)[C@@H]1O. The summed E-state index contributed by atoms with van der Waals surface area (Å²) in [6.45, 7) is 0.400. The first-order chi connectivity index (χ1) is 22.6. The molecule has 13 N–H and O–H groups in total. The van der Waals surface area contributed by atoms with E-state index in [4.69, 9.17) is 51.4 Å². The summed E-state index contributed by atoms with van der Waals surface area (Å²) in [6.07, 6.45) is -15.2. The number of hydrogen-bond donors (Lipinski definition) is 9. The molecule has 5 rings (SSSR count). The average Bonchev–Trinajstić information content (AvgIpc) is 3.07. The van der Waals surface area contributed by atoms with Gasteiger partial charge in [0, 0.05) is 18.6 Å². The molecule has 0 bridgehead atoms. The van der Waals surface area contributed by atoms with E-state index in [0.29, 0.717) is 6.61 Å². The van der Waals surface area contributed by atoms with E-state index in [0.717, 1.165) is 11.1 Å². The minimum absolute atomic E-state index is 0.0535. The molecule has 2 heterocycles. The zero-order valence-electron chi connectivity index (χ0n) is 26.0. The molecule has 0 spiro atoms. The Morgan fingerprint density at radius 1 is 0.617 bits per heavy atom. The molecule has 0 aromatic heterocycles. The van der Waals surface area contributed by atoms with Gasteiger partial charge in [-0.1, -0.05) is 60.7 Å². The number of hydrogen-bond acceptors (Lipinski definition) is 15. The van der Waals surface area contributed by atoms with Crippen molar-refractivity contribution in [1.29, 1.82) is 0 Å². The zero-order chi connectivity index (χ0) is 33.7. The molecule has 3 aliphatic rings. The molecule has 2 aromatic rings. The topological polar surface area (TPSA) is 261 Å². The normalized spacial score (nSPS) is 41.1. The second-order valence-electron chi connectivity index (χ2n) is 12.4. The molecule has 1 aliphatic carbocycles. The molecule has 2 saturated heterocycles. The summed E-state index contributed by atoms with van der Waals surface area (Å²) < 4.78 is 35.9. The van der Waals surface area contributed by atoms with Crippen molar-refractivity contribution in [2.24, 2.45) is 22.9 Å². The van der Waals surface area contributed by atoms with Gasteiger partial charge in [0.05, 0.1) is 25.9 Å². The molecule has 0 unspecified atom stereocenters. The molecule has 0 amide bonds. The van der Waals surface area contributed by atoms with Crippen LogP contribution in [-0.2, 0) is 41.6 Å². The van der Waals surface area contributed by atoms with Crippen LogP contribution in [0.25, 0.3) is 0 Å². The van der Waals surface area contributed by atoms with Crippen molar-refractivity contribution in [3.63, 3.8) is 0 Å². The highest BCUT2D eigenvalue weighted by atomic mass is 16.7. The lowest BCUT2D eigenvalue weighted by molar-refractivity contribution is -0.334. The van der Waals surface area contributed by atoms with E-state index >= 15 is 0 Å². The van der Waals surface area contributed by atoms with Gasteiger partial charge in [0.2, 0.25) is 0 Å². The number of ether oxygens (including phenoxy) is 6. The van der Waals surface area contributed by atoms with Gasteiger partial charge < -0.3 is 76.9 Å². The van der Waals surface area contributed by atoms with Gasteiger partial charge in [0.25, 0.3) is 0 Å². The summed E-state index contributed by atoms with van der Waals surface area (Å²) >= 11 is 0. The van der Waals surface area contributed by atoms with E-state index in [1.807, 2.05) is 60.7 Å². The van der Waals surface area contributed by atoms with E-state index < -0.39 is 91.7 Å². The summed E-state index contributed by atoms with van der Waals surface area (Å²) in [5.41, 5.74) is 26.7.